The normalized spacial score (nSPS) is 11.3. The molecular weight excluding hydrogens is 360 g/mol. The van der Waals surface area contributed by atoms with E-state index in [1.165, 1.54) is 114 Å². The first-order chi connectivity index (χ1) is 14.9. The van der Waals surface area contributed by atoms with Crippen LogP contribution >= 0.6 is 0 Å². The molecule has 0 saturated heterocycles. The van der Waals surface area contributed by atoms with Crippen molar-refractivity contribution < 1.29 is 0 Å². The third-order valence-corrected chi connectivity index (χ3v) is 6.50. The third-order valence-electron chi connectivity index (χ3n) is 6.50. The molecule has 0 aliphatic rings. The van der Waals surface area contributed by atoms with Gasteiger partial charge in [0.1, 0.15) is 0 Å². The summed E-state index contributed by atoms with van der Waals surface area (Å²) in [6.45, 7) is 2.30. The van der Waals surface area contributed by atoms with Crippen LogP contribution < -0.4 is 0 Å². The van der Waals surface area contributed by atoms with Gasteiger partial charge in [-0.2, -0.15) is 0 Å². The van der Waals surface area contributed by atoms with Crippen LogP contribution in [0.3, 0.4) is 0 Å². The topological polar surface area (TPSA) is 0 Å². The van der Waals surface area contributed by atoms with Gasteiger partial charge in [-0.05, 0) is 17.5 Å². The van der Waals surface area contributed by atoms with Crippen molar-refractivity contribution in [1.29, 1.82) is 0 Å². The number of rotatable bonds is 18. The van der Waals surface area contributed by atoms with Crippen LogP contribution in [0.1, 0.15) is 127 Å². The average Bonchev–Trinajstić information content (AvgIpc) is 2.80. The minimum absolute atomic E-state index is 0.550. The van der Waals surface area contributed by atoms with Crippen molar-refractivity contribution >= 4 is 0 Å². The summed E-state index contributed by atoms with van der Waals surface area (Å²) < 4.78 is 0. The summed E-state index contributed by atoms with van der Waals surface area (Å²) in [5, 5.41) is 0. The van der Waals surface area contributed by atoms with Crippen LogP contribution in [0.4, 0.5) is 0 Å². The third kappa shape index (κ3) is 11.0. The van der Waals surface area contributed by atoms with E-state index >= 15 is 0 Å². The van der Waals surface area contributed by atoms with Crippen molar-refractivity contribution in [3.05, 3.63) is 71.8 Å². The van der Waals surface area contributed by atoms with E-state index in [-0.39, 0.29) is 0 Å². The Hall–Kier alpha value is -1.56. The summed E-state index contributed by atoms with van der Waals surface area (Å²) in [5.41, 5.74) is 2.93. The maximum atomic E-state index is 2.30. The van der Waals surface area contributed by atoms with Gasteiger partial charge in [0.25, 0.3) is 0 Å². The molecule has 0 saturated carbocycles. The van der Waals surface area contributed by atoms with Gasteiger partial charge < -0.3 is 0 Å². The summed E-state index contributed by atoms with van der Waals surface area (Å²) in [5.74, 6) is 0.550. The molecule has 0 atom stereocenters. The monoisotopic (exact) mass is 406 g/mol. The Bertz CT molecular complexity index is 561. The minimum atomic E-state index is 0.550. The van der Waals surface area contributed by atoms with E-state index in [2.05, 4.69) is 67.6 Å². The lowest BCUT2D eigenvalue weighted by molar-refractivity contribution is 0.525. The van der Waals surface area contributed by atoms with Gasteiger partial charge in [-0.15, -0.1) is 0 Å². The van der Waals surface area contributed by atoms with Crippen molar-refractivity contribution in [3.8, 4) is 0 Å². The van der Waals surface area contributed by atoms with Gasteiger partial charge in [-0.3, -0.25) is 0 Å². The molecule has 0 radical (unpaired) electrons. The Morgan fingerprint density at radius 2 is 0.767 bits per heavy atom. The molecular formula is C30H46. The van der Waals surface area contributed by atoms with Gasteiger partial charge in [0.05, 0.1) is 0 Å². The summed E-state index contributed by atoms with van der Waals surface area (Å²) in [6.07, 6.45) is 22.7. The zero-order valence-corrected chi connectivity index (χ0v) is 19.7. The highest BCUT2D eigenvalue weighted by atomic mass is 14.2. The Morgan fingerprint density at radius 3 is 1.13 bits per heavy atom. The van der Waals surface area contributed by atoms with Gasteiger partial charge in [0, 0.05) is 5.92 Å². The second-order valence-electron chi connectivity index (χ2n) is 9.11. The fourth-order valence-electron chi connectivity index (χ4n) is 4.62. The molecule has 0 fully saturated rings. The molecule has 0 aliphatic carbocycles. The second kappa shape index (κ2) is 17.2. The molecule has 0 bridgehead atoms. The van der Waals surface area contributed by atoms with Gasteiger partial charge >= 0.3 is 0 Å². The first-order valence-electron chi connectivity index (χ1n) is 13.0. The van der Waals surface area contributed by atoms with Crippen molar-refractivity contribution in [3.63, 3.8) is 0 Å². The summed E-state index contributed by atoms with van der Waals surface area (Å²) in [7, 11) is 0. The number of hydrogen-bond donors (Lipinski definition) is 0. The van der Waals surface area contributed by atoms with Gasteiger partial charge in [0.15, 0.2) is 0 Å². The molecule has 2 rings (SSSR count). The van der Waals surface area contributed by atoms with Crippen LogP contribution in [-0.4, -0.2) is 0 Å². The standard InChI is InChI=1S/C30H46/c1-2-3-4-5-6-7-8-9-10-11-12-13-14-15-22-27-30(28-23-18-16-19-24-28)29-25-20-17-21-26-29/h16-21,23-26,30H,2-15,22,27H2,1H3. The van der Waals surface area contributed by atoms with E-state index in [9.17, 15) is 0 Å². The van der Waals surface area contributed by atoms with Crippen LogP contribution in [0.25, 0.3) is 0 Å². The molecule has 0 aliphatic heterocycles. The Labute approximate surface area is 187 Å². The fraction of sp³-hybridized carbons (Fsp3) is 0.600. The van der Waals surface area contributed by atoms with Crippen LogP contribution in [0.15, 0.2) is 60.7 Å². The quantitative estimate of drug-likeness (QED) is 0.216. The lowest BCUT2D eigenvalue weighted by atomic mass is 9.87. The largest absolute Gasteiger partial charge is 0.0654 e. The molecule has 0 N–H and O–H groups in total. The van der Waals surface area contributed by atoms with E-state index in [0.717, 1.165) is 0 Å². The molecule has 0 spiro atoms. The van der Waals surface area contributed by atoms with Gasteiger partial charge in [0.2, 0.25) is 0 Å². The maximum absolute atomic E-state index is 2.30. The highest BCUT2D eigenvalue weighted by Gasteiger charge is 2.13. The minimum Gasteiger partial charge on any atom is -0.0654 e. The Balaban J connectivity index is 1.49. The molecule has 2 aromatic carbocycles. The van der Waals surface area contributed by atoms with Crippen molar-refractivity contribution in [2.24, 2.45) is 0 Å². The number of hydrogen-bond acceptors (Lipinski definition) is 0. The van der Waals surface area contributed by atoms with Crippen LogP contribution in [-0.2, 0) is 0 Å². The summed E-state index contributed by atoms with van der Waals surface area (Å²) >= 11 is 0. The Morgan fingerprint density at radius 1 is 0.433 bits per heavy atom. The van der Waals surface area contributed by atoms with Crippen LogP contribution in [0, 0.1) is 0 Å². The number of unbranched alkanes of at least 4 members (excludes halogenated alkanes) is 14. The zero-order chi connectivity index (χ0) is 21.1. The predicted molar refractivity (Wildman–Crippen MR) is 134 cm³/mol. The van der Waals surface area contributed by atoms with E-state index < -0.39 is 0 Å². The van der Waals surface area contributed by atoms with Crippen molar-refractivity contribution in [1.82, 2.24) is 0 Å². The average molecular weight is 407 g/mol. The molecule has 0 heterocycles. The molecule has 0 unspecified atom stereocenters. The lowest BCUT2D eigenvalue weighted by Gasteiger charge is -2.18. The van der Waals surface area contributed by atoms with Crippen molar-refractivity contribution in [2.75, 3.05) is 0 Å². The first-order valence-corrected chi connectivity index (χ1v) is 13.0. The first kappa shape index (κ1) is 24.7. The molecule has 30 heavy (non-hydrogen) atoms. The van der Waals surface area contributed by atoms with E-state index in [1.807, 2.05) is 0 Å². The van der Waals surface area contributed by atoms with E-state index in [4.69, 9.17) is 0 Å². The highest BCUT2D eigenvalue weighted by Crippen LogP contribution is 2.30. The zero-order valence-electron chi connectivity index (χ0n) is 19.7. The molecule has 0 heteroatoms. The van der Waals surface area contributed by atoms with E-state index in [0.29, 0.717) is 5.92 Å². The van der Waals surface area contributed by atoms with Crippen LogP contribution in [0.5, 0.6) is 0 Å². The lowest BCUT2D eigenvalue weighted by Crippen LogP contribution is -2.01. The SMILES string of the molecule is CCCCCCCCCCCCCCCCCC(c1ccccc1)c1ccccc1. The van der Waals surface area contributed by atoms with Gasteiger partial charge in [-0.1, -0.05) is 164 Å². The number of benzene rings is 2. The van der Waals surface area contributed by atoms with Gasteiger partial charge in [-0.25, -0.2) is 0 Å². The Kier molecular flexibility index (Phi) is 14.1. The summed E-state index contributed by atoms with van der Waals surface area (Å²) in [4.78, 5) is 0. The smallest absolute Gasteiger partial charge is 0.00893 e. The second-order valence-corrected chi connectivity index (χ2v) is 9.11. The fourth-order valence-corrected chi connectivity index (χ4v) is 4.62. The molecule has 2 aromatic rings. The summed E-state index contributed by atoms with van der Waals surface area (Å²) in [6, 6.07) is 22.1. The van der Waals surface area contributed by atoms with E-state index in [1.54, 1.807) is 0 Å². The molecule has 0 amide bonds. The predicted octanol–water partition coefficient (Wildman–Crippen LogP) is 10.1. The molecule has 0 aromatic heterocycles. The highest BCUT2D eigenvalue weighted by molar-refractivity contribution is 5.32. The molecule has 166 valence electrons. The van der Waals surface area contributed by atoms with Crippen LogP contribution in [0.2, 0.25) is 0 Å². The van der Waals surface area contributed by atoms with Crippen molar-refractivity contribution in [2.45, 2.75) is 116 Å². The molecule has 0 nitrogen and oxygen atoms in total. The maximum Gasteiger partial charge on any atom is 0.00893 e.